The highest BCUT2D eigenvalue weighted by atomic mass is 35.5. The van der Waals surface area contributed by atoms with Crippen LogP contribution in [0.1, 0.15) is 50.7 Å². The van der Waals surface area contributed by atoms with Crippen molar-refractivity contribution in [3.63, 3.8) is 0 Å². The van der Waals surface area contributed by atoms with Gasteiger partial charge in [0, 0.05) is 28.9 Å². The van der Waals surface area contributed by atoms with Crippen molar-refractivity contribution in [1.29, 1.82) is 0 Å². The molecule has 0 aliphatic carbocycles. The molecule has 1 unspecified atom stereocenters. The first-order chi connectivity index (χ1) is 20.4. The largest absolute Gasteiger partial charge is 0.489 e. The second kappa shape index (κ2) is 14.2. The Morgan fingerprint density at radius 1 is 1.05 bits per heavy atom. The SMILES string of the molecule is CCCCC(CC)CN1C(=O)/C(=C/c2cn(-c3ccccc3)nc2-c2cccc(OCc3ccc(Cl)cc3)c2)SC1=S. The molecule has 0 radical (unpaired) electrons. The Balaban J connectivity index is 1.44. The fraction of sp³-hybridized carbons (Fsp3) is 0.265. The third kappa shape index (κ3) is 7.33. The molecule has 1 aromatic heterocycles. The lowest BCUT2D eigenvalue weighted by atomic mass is 9.99. The second-order valence-corrected chi connectivity index (χ2v) is 12.5. The average molecular weight is 616 g/mol. The minimum Gasteiger partial charge on any atom is -0.489 e. The van der Waals surface area contributed by atoms with Gasteiger partial charge >= 0.3 is 0 Å². The lowest BCUT2D eigenvalue weighted by molar-refractivity contribution is -0.122. The van der Waals surface area contributed by atoms with Crippen LogP contribution >= 0.6 is 35.6 Å². The third-order valence-electron chi connectivity index (χ3n) is 7.33. The highest BCUT2D eigenvalue weighted by Crippen LogP contribution is 2.36. The Bertz CT molecular complexity index is 1570. The topological polar surface area (TPSA) is 47.4 Å². The highest BCUT2D eigenvalue weighted by Gasteiger charge is 2.33. The van der Waals surface area contributed by atoms with E-state index in [2.05, 4.69) is 13.8 Å². The van der Waals surface area contributed by atoms with Crippen LogP contribution in [0.2, 0.25) is 5.02 Å². The number of carbonyl (C=O) groups is 1. The van der Waals surface area contributed by atoms with Gasteiger partial charge in [0.05, 0.1) is 10.6 Å². The summed E-state index contributed by atoms with van der Waals surface area (Å²) in [6.45, 7) is 5.47. The Morgan fingerprint density at radius 3 is 2.57 bits per heavy atom. The predicted molar refractivity (Wildman–Crippen MR) is 178 cm³/mol. The van der Waals surface area contributed by atoms with E-state index in [-0.39, 0.29) is 5.91 Å². The average Bonchev–Trinajstić information content (AvgIpc) is 3.55. The molecule has 1 saturated heterocycles. The summed E-state index contributed by atoms with van der Waals surface area (Å²) >= 11 is 13.1. The summed E-state index contributed by atoms with van der Waals surface area (Å²) in [5, 5.41) is 5.65. The number of hydrogen-bond acceptors (Lipinski definition) is 5. The van der Waals surface area contributed by atoms with E-state index in [9.17, 15) is 4.79 Å². The summed E-state index contributed by atoms with van der Waals surface area (Å²) in [5.74, 6) is 1.14. The molecule has 0 saturated carbocycles. The van der Waals surface area contributed by atoms with Crippen molar-refractivity contribution in [3.05, 3.63) is 106 Å². The van der Waals surface area contributed by atoms with Gasteiger partial charge in [-0.1, -0.05) is 111 Å². The van der Waals surface area contributed by atoms with Crippen LogP contribution in [-0.2, 0) is 11.4 Å². The van der Waals surface area contributed by atoms with E-state index in [4.69, 9.17) is 33.7 Å². The van der Waals surface area contributed by atoms with Gasteiger partial charge in [0.25, 0.3) is 5.91 Å². The Hall–Kier alpha value is -3.39. The summed E-state index contributed by atoms with van der Waals surface area (Å²) < 4.78 is 8.57. The van der Waals surface area contributed by atoms with Crippen molar-refractivity contribution >= 4 is 51.9 Å². The molecule has 216 valence electrons. The van der Waals surface area contributed by atoms with E-state index < -0.39 is 0 Å². The van der Waals surface area contributed by atoms with Crippen LogP contribution in [0.15, 0.2) is 90.0 Å². The molecule has 1 aliphatic rings. The Kier molecular flexibility index (Phi) is 10.2. The number of rotatable bonds is 12. The molecule has 1 aliphatic heterocycles. The minimum atomic E-state index is -0.0293. The number of halogens is 1. The number of ether oxygens (including phenoxy) is 1. The van der Waals surface area contributed by atoms with E-state index in [1.807, 2.05) is 95.8 Å². The first-order valence-electron chi connectivity index (χ1n) is 14.3. The van der Waals surface area contributed by atoms with Gasteiger partial charge in [-0.3, -0.25) is 9.69 Å². The zero-order chi connectivity index (χ0) is 29.5. The molecule has 5 nitrogen and oxygen atoms in total. The molecule has 0 spiro atoms. The lowest BCUT2D eigenvalue weighted by Crippen LogP contribution is -2.33. The number of para-hydroxylation sites is 1. The monoisotopic (exact) mass is 615 g/mol. The molecule has 42 heavy (non-hydrogen) atoms. The summed E-state index contributed by atoms with van der Waals surface area (Å²) in [5.41, 5.74) is 4.46. The number of amides is 1. The molecule has 0 N–H and O–H groups in total. The molecule has 2 heterocycles. The maximum atomic E-state index is 13.6. The van der Waals surface area contributed by atoms with Crippen LogP contribution in [0.5, 0.6) is 5.75 Å². The fourth-order valence-electron chi connectivity index (χ4n) is 4.88. The van der Waals surface area contributed by atoms with Crippen molar-refractivity contribution in [2.75, 3.05) is 6.54 Å². The standard InChI is InChI=1S/C34H34ClN3O2S2/c1-3-5-10-24(4-2)21-37-33(39)31(42-34(37)41)20-27-22-38(29-12-7-6-8-13-29)36-32(27)26-11-9-14-30(19-26)40-23-25-15-17-28(35)18-16-25/h6-9,11-20,22,24H,3-5,10,21,23H2,1-2H3/b31-20-. The van der Waals surface area contributed by atoms with E-state index in [0.717, 1.165) is 59.5 Å². The first-order valence-corrected chi connectivity index (χ1v) is 15.9. The maximum Gasteiger partial charge on any atom is 0.266 e. The van der Waals surface area contributed by atoms with Crippen LogP contribution in [0.4, 0.5) is 0 Å². The number of aromatic nitrogens is 2. The number of nitrogens with zero attached hydrogens (tertiary/aromatic N) is 3. The quantitative estimate of drug-likeness (QED) is 0.117. The van der Waals surface area contributed by atoms with Crippen LogP contribution in [0.25, 0.3) is 23.0 Å². The van der Waals surface area contributed by atoms with Gasteiger partial charge in [-0.15, -0.1) is 0 Å². The minimum absolute atomic E-state index is 0.0293. The van der Waals surface area contributed by atoms with Gasteiger partial charge in [0.2, 0.25) is 0 Å². The summed E-state index contributed by atoms with van der Waals surface area (Å²) in [4.78, 5) is 16.0. The number of benzene rings is 3. The number of hydrogen-bond donors (Lipinski definition) is 0. The molecule has 0 bridgehead atoms. The summed E-state index contributed by atoms with van der Waals surface area (Å²) in [7, 11) is 0. The number of thiocarbonyl (C=S) groups is 1. The van der Waals surface area contributed by atoms with Crippen LogP contribution in [0, 0.1) is 5.92 Å². The lowest BCUT2D eigenvalue weighted by Gasteiger charge is -2.21. The van der Waals surface area contributed by atoms with E-state index in [0.29, 0.717) is 33.3 Å². The smallest absolute Gasteiger partial charge is 0.266 e. The fourth-order valence-corrected chi connectivity index (χ4v) is 6.28. The van der Waals surface area contributed by atoms with E-state index >= 15 is 0 Å². The number of unbranched alkanes of at least 4 members (excludes halogenated alkanes) is 1. The third-order valence-corrected chi connectivity index (χ3v) is 8.96. The van der Waals surface area contributed by atoms with Gasteiger partial charge in [0.15, 0.2) is 0 Å². The molecular formula is C34H34ClN3O2S2. The molecular weight excluding hydrogens is 582 g/mol. The highest BCUT2D eigenvalue weighted by molar-refractivity contribution is 8.26. The van der Waals surface area contributed by atoms with Gasteiger partial charge in [-0.2, -0.15) is 5.10 Å². The maximum absolute atomic E-state index is 13.6. The molecule has 8 heteroatoms. The Morgan fingerprint density at radius 2 is 1.83 bits per heavy atom. The van der Waals surface area contributed by atoms with Crippen molar-refractivity contribution in [3.8, 4) is 22.7 Å². The molecule has 5 rings (SSSR count). The van der Waals surface area contributed by atoms with Crippen molar-refractivity contribution < 1.29 is 9.53 Å². The van der Waals surface area contributed by atoms with Crippen LogP contribution in [-0.4, -0.2) is 31.5 Å². The molecule has 3 aromatic carbocycles. The summed E-state index contributed by atoms with van der Waals surface area (Å²) in [6, 6.07) is 25.5. The first kappa shape index (κ1) is 30.1. The second-order valence-electron chi connectivity index (χ2n) is 10.4. The summed E-state index contributed by atoms with van der Waals surface area (Å²) in [6.07, 6.45) is 8.34. The zero-order valence-electron chi connectivity index (χ0n) is 23.8. The zero-order valence-corrected chi connectivity index (χ0v) is 26.2. The van der Waals surface area contributed by atoms with Crippen molar-refractivity contribution in [2.24, 2.45) is 5.92 Å². The van der Waals surface area contributed by atoms with E-state index in [1.165, 1.54) is 11.8 Å². The van der Waals surface area contributed by atoms with Crippen LogP contribution in [0.3, 0.4) is 0 Å². The molecule has 1 amide bonds. The predicted octanol–water partition coefficient (Wildman–Crippen LogP) is 9.19. The van der Waals surface area contributed by atoms with Crippen molar-refractivity contribution in [2.45, 2.75) is 46.1 Å². The molecule has 4 aromatic rings. The van der Waals surface area contributed by atoms with Crippen molar-refractivity contribution in [1.82, 2.24) is 14.7 Å². The van der Waals surface area contributed by atoms with Gasteiger partial charge < -0.3 is 4.74 Å². The normalized spacial score (nSPS) is 15.0. The molecule has 1 atom stereocenters. The van der Waals surface area contributed by atoms with Gasteiger partial charge in [-0.05, 0) is 60.4 Å². The Labute approximate surface area is 262 Å². The van der Waals surface area contributed by atoms with Gasteiger partial charge in [-0.25, -0.2) is 4.68 Å². The number of carbonyl (C=O) groups excluding carboxylic acids is 1. The number of thioether (sulfide) groups is 1. The van der Waals surface area contributed by atoms with Crippen LogP contribution < -0.4 is 4.74 Å². The van der Waals surface area contributed by atoms with E-state index in [1.54, 1.807) is 4.90 Å². The van der Waals surface area contributed by atoms with Gasteiger partial charge in [0.1, 0.15) is 22.4 Å². The molecule has 1 fully saturated rings.